The molecule has 2 aromatic heterocycles. The molecule has 8 heteroatoms. The highest BCUT2D eigenvalue weighted by Gasteiger charge is 2.25. The van der Waals surface area contributed by atoms with Gasteiger partial charge in [-0.05, 0) is 18.1 Å². The highest BCUT2D eigenvalue weighted by atomic mass is 16.2. The highest BCUT2D eigenvalue weighted by Crippen LogP contribution is 2.18. The van der Waals surface area contributed by atoms with Crippen molar-refractivity contribution in [1.29, 1.82) is 5.26 Å². The Kier molecular flexibility index (Phi) is 3.70. The fourth-order valence-electron chi connectivity index (χ4n) is 2.55. The lowest BCUT2D eigenvalue weighted by Crippen LogP contribution is -2.38. The van der Waals surface area contributed by atoms with Gasteiger partial charge < -0.3 is 10.6 Å². The number of nitrogen functional groups attached to an aromatic ring is 1. The Morgan fingerprint density at radius 1 is 1.35 bits per heavy atom. The third-order valence-corrected chi connectivity index (χ3v) is 3.77. The van der Waals surface area contributed by atoms with Crippen LogP contribution in [0.4, 0.5) is 5.95 Å². The number of nitriles is 1. The van der Waals surface area contributed by atoms with Gasteiger partial charge in [-0.3, -0.25) is 9.48 Å². The van der Waals surface area contributed by atoms with Crippen LogP contribution in [0, 0.1) is 11.3 Å². The fourth-order valence-corrected chi connectivity index (χ4v) is 2.55. The van der Waals surface area contributed by atoms with Gasteiger partial charge in [-0.2, -0.15) is 10.4 Å². The molecule has 118 valence electrons. The summed E-state index contributed by atoms with van der Waals surface area (Å²) in [5, 5.41) is 13.1. The molecule has 1 aliphatic heterocycles. The van der Waals surface area contributed by atoms with Gasteiger partial charge in [0.2, 0.25) is 5.95 Å². The first kappa shape index (κ1) is 15.0. The molecule has 0 fully saturated rings. The Labute approximate surface area is 133 Å². The number of amides is 1. The van der Waals surface area contributed by atoms with Crippen molar-refractivity contribution in [2.24, 2.45) is 0 Å². The van der Waals surface area contributed by atoms with Crippen LogP contribution in [0.2, 0.25) is 0 Å². The first-order valence-electron chi connectivity index (χ1n) is 7.38. The number of anilines is 1. The summed E-state index contributed by atoms with van der Waals surface area (Å²) in [5.74, 6) is 0.0770. The molecule has 0 bridgehead atoms. The minimum absolute atomic E-state index is 0.105. The first-order chi connectivity index (χ1) is 11.0. The van der Waals surface area contributed by atoms with E-state index in [-0.39, 0.29) is 17.8 Å². The van der Waals surface area contributed by atoms with E-state index in [1.54, 1.807) is 21.7 Å². The van der Waals surface area contributed by atoms with Crippen molar-refractivity contribution >= 4 is 11.9 Å². The topological polar surface area (TPSA) is 114 Å². The third-order valence-electron chi connectivity index (χ3n) is 3.77. The molecule has 0 saturated heterocycles. The van der Waals surface area contributed by atoms with Gasteiger partial charge in [-0.25, -0.2) is 9.97 Å². The summed E-state index contributed by atoms with van der Waals surface area (Å²) >= 11 is 0. The number of hydrogen-bond acceptors (Lipinski definition) is 6. The second-order valence-electron chi connectivity index (χ2n) is 5.77. The van der Waals surface area contributed by atoms with Crippen molar-refractivity contribution in [3.8, 4) is 6.07 Å². The number of nitrogens with two attached hydrogens (primary N) is 1. The van der Waals surface area contributed by atoms with Crippen LogP contribution in [0.25, 0.3) is 0 Å². The zero-order valence-electron chi connectivity index (χ0n) is 13.0. The molecule has 0 radical (unpaired) electrons. The maximum atomic E-state index is 12.7. The summed E-state index contributed by atoms with van der Waals surface area (Å²) in [5.41, 5.74) is 7.97. The van der Waals surface area contributed by atoms with Crippen molar-refractivity contribution in [1.82, 2.24) is 24.6 Å². The van der Waals surface area contributed by atoms with Gasteiger partial charge in [0.15, 0.2) is 5.69 Å². The van der Waals surface area contributed by atoms with Gasteiger partial charge in [-0.1, -0.05) is 13.8 Å². The summed E-state index contributed by atoms with van der Waals surface area (Å²) in [6.45, 7) is 5.44. The predicted molar refractivity (Wildman–Crippen MR) is 82.2 cm³/mol. The Balaban J connectivity index is 1.86. The molecule has 0 saturated carbocycles. The summed E-state index contributed by atoms with van der Waals surface area (Å²) < 4.78 is 1.76. The van der Waals surface area contributed by atoms with Crippen molar-refractivity contribution in [2.75, 3.05) is 12.3 Å². The minimum Gasteiger partial charge on any atom is -0.368 e. The van der Waals surface area contributed by atoms with Crippen LogP contribution in [0.15, 0.2) is 12.1 Å². The number of fused-ring (bicyclic) bond motifs is 1. The standard InChI is InChI=1S/C15H17N7O/c1-9(2)12-6-13(19-15(17)18-12)14(23)21-3-4-22-11(8-21)5-10(7-16)20-22/h5-6,9H,3-4,8H2,1-2H3,(H2,17,18,19). The predicted octanol–water partition coefficient (Wildman–Crippen LogP) is 0.906. The third kappa shape index (κ3) is 2.85. The van der Waals surface area contributed by atoms with Gasteiger partial charge in [0, 0.05) is 12.2 Å². The van der Waals surface area contributed by atoms with E-state index >= 15 is 0 Å². The zero-order chi connectivity index (χ0) is 16.6. The molecule has 1 amide bonds. The fraction of sp³-hybridized carbons (Fsp3) is 0.400. The number of aromatic nitrogens is 4. The monoisotopic (exact) mass is 311 g/mol. The second-order valence-corrected chi connectivity index (χ2v) is 5.77. The molecule has 0 aliphatic carbocycles. The zero-order valence-corrected chi connectivity index (χ0v) is 13.0. The second kappa shape index (κ2) is 5.68. The smallest absolute Gasteiger partial charge is 0.273 e. The molecule has 3 heterocycles. The Bertz CT molecular complexity index is 803. The number of nitrogens with zero attached hydrogens (tertiary/aromatic N) is 6. The molecule has 0 atom stereocenters. The molecular weight excluding hydrogens is 294 g/mol. The highest BCUT2D eigenvalue weighted by molar-refractivity contribution is 5.92. The largest absolute Gasteiger partial charge is 0.368 e. The van der Waals surface area contributed by atoms with Crippen LogP contribution in [0.3, 0.4) is 0 Å². The molecule has 23 heavy (non-hydrogen) atoms. The van der Waals surface area contributed by atoms with Gasteiger partial charge in [0.05, 0.1) is 18.8 Å². The Hall–Kier alpha value is -2.95. The van der Waals surface area contributed by atoms with Gasteiger partial charge in [0.1, 0.15) is 11.8 Å². The summed E-state index contributed by atoms with van der Waals surface area (Å²) in [7, 11) is 0. The molecule has 3 rings (SSSR count). The SMILES string of the molecule is CC(C)c1cc(C(=O)N2CCn3nc(C#N)cc3C2)nc(N)n1. The summed E-state index contributed by atoms with van der Waals surface area (Å²) in [4.78, 5) is 22.6. The van der Waals surface area contributed by atoms with E-state index in [0.29, 0.717) is 31.0 Å². The molecule has 0 aromatic carbocycles. The number of rotatable bonds is 2. The van der Waals surface area contributed by atoms with Crippen LogP contribution in [-0.4, -0.2) is 37.1 Å². The van der Waals surface area contributed by atoms with E-state index in [1.165, 1.54) is 0 Å². The van der Waals surface area contributed by atoms with Crippen molar-refractivity contribution < 1.29 is 4.79 Å². The maximum Gasteiger partial charge on any atom is 0.273 e. The molecule has 2 aromatic rings. The lowest BCUT2D eigenvalue weighted by atomic mass is 10.1. The van der Waals surface area contributed by atoms with E-state index < -0.39 is 0 Å². The van der Waals surface area contributed by atoms with Gasteiger partial charge >= 0.3 is 0 Å². The molecule has 0 spiro atoms. The lowest BCUT2D eigenvalue weighted by Gasteiger charge is -2.27. The molecule has 2 N–H and O–H groups in total. The average Bonchev–Trinajstić information content (AvgIpc) is 2.95. The average molecular weight is 311 g/mol. The van der Waals surface area contributed by atoms with Crippen LogP contribution >= 0.6 is 0 Å². The van der Waals surface area contributed by atoms with Crippen LogP contribution in [-0.2, 0) is 13.1 Å². The van der Waals surface area contributed by atoms with Crippen molar-refractivity contribution in [2.45, 2.75) is 32.9 Å². The van der Waals surface area contributed by atoms with E-state index in [9.17, 15) is 4.79 Å². The normalized spacial score (nSPS) is 13.7. The van der Waals surface area contributed by atoms with Crippen molar-refractivity contribution in [3.05, 3.63) is 34.9 Å². The number of carbonyl (C=O) groups is 1. The van der Waals surface area contributed by atoms with Crippen molar-refractivity contribution in [3.63, 3.8) is 0 Å². The number of hydrogen-bond donors (Lipinski definition) is 1. The van der Waals surface area contributed by atoms with Gasteiger partial charge in [-0.15, -0.1) is 0 Å². The minimum atomic E-state index is -0.188. The summed E-state index contributed by atoms with van der Waals surface area (Å²) in [6, 6.07) is 5.41. The molecule has 0 unspecified atom stereocenters. The van der Waals surface area contributed by atoms with Crippen LogP contribution in [0.1, 0.15) is 47.3 Å². The van der Waals surface area contributed by atoms with E-state index in [1.807, 2.05) is 19.9 Å². The van der Waals surface area contributed by atoms with E-state index in [4.69, 9.17) is 11.0 Å². The lowest BCUT2D eigenvalue weighted by molar-refractivity contribution is 0.0700. The number of carbonyl (C=O) groups excluding carboxylic acids is 1. The Morgan fingerprint density at radius 3 is 2.83 bits per heavy atom. The van der Waals surface area contributed by atoms with E-state index in [0.717, 1.165) is 11.4 Å². The summed E-state index contributed by atoms with van der Waals surface area (Å²) in [6.07, 6.45) is 0. The Morgan fingerprint density at radius 2 is 2.13 bits per heavy atom. The molecular formula is C15H17N7O. The van der Waals surface area contributed by atoms with Crippen LogP contribution in [0.5, 0.6) is 0 Å². The van der Waals surface area contributed by atoms with E-state index in [2.05, 4.69) is 15.1 Å². The maximum absolute atomic E-state index is 12.7. The molecule has 1 aliphatic rings. The first-order valence-corrected chi connectivity index (χ1v) is 7.38. The van der Waals surface area contributed by atoms with Crippen LogP contribution < -0.4 is 5.73 Å². The quantitative estimate of drug-likeness (QED) is 0.881. The van der Waals surface area contributed by atoms with Gasteiger partial charge in [0.25, 0.3) is 5.91 Å². The molecule has 8 nitrogen and oxygen atoms in total.